The lowest BCUT2D eigenvalue weighted by atomic mass is 9.84. The zero-order valence-electron chi connectivity index (χ0n) is 16.1. The fraction of sp³-hybridized carbons (Fsp3) is 0.579. The highest BCUT2D eigenvalue weighted by Gasteiger charge is 2.24. The Balaban J connectivity index is 1.76. The van der Waals surface area contributed by atoms with E-state index >= 15 is 0 Å². The Morgan fingerprint density at radius 3 is 2.46 bits per heavy atom. The molecule has 1 aliphatic rings. The van der Waals surface area contributed by atoms with Crippen LogP contribution in [-0.2, 0) is 14.9 Å². The van der Waals surface area contributed by atoms with Gasteiger partial charge in [-0.1, -0.05) is 19.9 Å². The van der Waals surface area contributed by atoms with Gasteiger partial charge in [0.1, 0.15) is 5.60 Å². The molecule has 144 valence electrons. The Labute approximate surface area is 154 Å². The quantitative estimate of drug-likeness (QED) is 0.811. The van der Waals surface area contributed by atoms with Gasteiger partial charge in [0.25, 0.3) is 0 Å². The Morgan fingerprint density at radius 1 is 1.08 bits per heavy atom. The Kier molecular flexibility index (Phi) is 6.00. The number of carbonyl (C=O) groups is 2. The molecule has 0 aliphatic carbocycles. The van der Waals surface area contributed by atoms with Gasteiger partial charge in [-0.25, -0.2) is 4.79 Å². The summed E-state index contributed by atoms with van der Waals surface area (Å²) in [7, 11) is 0. The summed E-state index contributed by atoms with van der Waals surface area (Å²) in [5.74, 6) is 1.33. The first-order chi connectivity index (χ1) is 12.1. The number of alkyl carbamates (subject to hydrolysis) is 1. The topological polar surface area (TPSA) is 85.9 Å². The Bertz CT molecular complexity index is 664. The second-order valence-electron chi connectivity index (χ2n) is 7.91. The Morgan fingerprint density at radius 2 is 1.77 bits per heavy atom. The van der Waals surface area contributed by atoms with Crippen LogP contribution >= 0.6 is 0 Å². The normalized spacial score (nSPS) is 13.3. The lowest BCUT2D eigenvalue weighted by Gasteiger charge is -2.26. The highest BCUT2D eigenvalue weighted by atomic mass is 16.7. The molecule has 2 rings (SSSR count). The van der Waals surface area contributed by atoms with Crippen LogP contribution in [0.4, 0.5) is 4.79 Å². The smallest absolute Gasteiger partial charge is 0.407 e. The molecule has 2 N–H and O–H groups in total. The molecule has 1 aliphatic heterocycles. The number of rotatable bonds is 6. The van der Waals surface area contributed by atoms with E-state index in [9.17, 15) is 9.59 Å². The summed E-state index contributed by atoms with van der Waals surface area (Å²) < 4.78 is 15.9. The molecule has 0 atom stereocenters. The maximum Gasteiger partial charge on any atom is 0.407 e. The van der Waals surface area contributed by atoms with Crippen molar-refractivity contribution in [2.45, 2.75) is 52.1 Å². The first-order valence-corrected chi connectivity index (χ1v) is 8.70. The average molecular weight is 364 g/mol. The van der Waals surface area contributed by atoms with Crippen LogP contribution in [0.15, 0.2) is 18.2 Å². The predicted octanol–water partition coefficient (Wildman–Crippen LogP) is 2.72. The van der Waals surface area contributed by atoms with E-state index in [0.717, 1.165) is 17.1 Å². The number of benzene rings is 1. The standard InChI is InChI=1S/C19H28N2O5/c1-18(2,3)26-17(23)20-9-8-16(22)21-11-19(4,5)13-6-7-14-15(10-13)25-12-24-14/h6-7,10H,8-9,11-12H2,1-5H3,(H,20,23)(H,21,22). The number of nitrogens with one attached hydrogen (secondary N) is 2. The van der Waals surface area contributed by atoms with Crippen LogP contribution in [0.5, 0.6) is 11.5 Å². The van der Waals surface area contributed by atoms with Gasteiger partial charge in [0.15, 0.2) is 11.5 Å². The molecule has 0 unspecified atom stereocenters. The molecule has 0 radical (unpaired) electrons. The van der Waals surface area contributed by atoms with Gasteiger partial charge in [0.05, 0.1) is 0 Å². The van der Waals surface area contributed by atoms with Gasteiger partial charge in [-0.3, -0.25) is 4.79 Å². The summed E-state index contributed by atoms with van der Waals surface area (Å²) >= 11 is 0. The van der Waals surface area contributed by atoms with E-state index in [1.165, 1.54) is 0 Å². The van der Waals surface area contributed by atoms with E-state index in [-0.39, 0.29) is 31.1 Å². The number of hydrogen-bond acceptors (Lipinski definition) is 5. The molecule has 0 spiro atoms. The summed E-state index contributed by atoms with van der Waals surface area (Å²) in [4.78, 5) is 23.6. The molecule has 1 aromatic rings. The highest BCUT2D eigenvalue weighted by molar-refractivity contribution is 5.77. The third kappa shape index (κ3) is 5.82. The number of ether oxygens (including phenoxy) is 3. The van der Waals surface area contributed by atoms with Gasteiger partial charge in [-0.05, 0) is 38.5 Å². The largest absolute Gasteiger partial charge is 0.454 e. The molecule has 7 nitrogen and oxygen atoms in total. The van der Waals surface area contributed by atoms with Crippen LogP contribution in [0, 0.1) is 0 Å². The third-order valence-corrected chi connectivity index (χ3v) is 3.90. The Hall–Kier alpha value is -2.44. The molecular weight excluding hydrogens is 336 g/mol. The summed E-state index contributed by atoms with van der Waals surface area (Å²) in [6.07, 6.45) is -0.331. The van der Waals surface area contributed by atoms with Crippen molar-refractivity contribution in [3.8, 4) is 11.5 Å². The second kappa shape index (κ2) is 7.85. The van der Waals surface area contributed by atoms with Crippen molar-refractivity contribution >= 4 is 12.0 Å². The molecule has 0 saturated carbocycles. The fourth-order valence-corrected chi connectivity index (χ4v) is 2.42. The van der Waals surface area contributed by atoms with Crippen molar-refractivity contribution in [2.75, 3.05) is 19.9 Å². The van der Waals surface area contributed by atoms with Crippen LogP contribution in [0.3, 0.4) is 0 Å². The van der Waals surface area contributed by atoms with Gasteiger partial charge in [-0.2, -0.15) is 0 Å². The van der Waals surface area contributed by atoms with E-state index in [1.54, 1.807) is 20.8 Å². The minimum atomic E-state index is -0.555. The van der Waals surface area contributed by atoms with Gasteiger partial charge >= 0.3 is 6.09 Å². The SMILES string of the molecule is CC(C)(C)OC(=O)NCCC(=O)NCC(C)(C)c1ccc2c(c1)OCO2. The fourth-order valence-electron chi connectivity index (χ4n) is 2.42. The minimum Gasteiger partial charge on any atom is -0.454 e. The average Bonchev–Trinajstić information content (AvgIpc) is 2.99. The van der Waals surface area contributed by atoms with Crippen LogP contribution in [0.25, 0.3) is 0 Å². The maximum absolute atomic E-state index is 12.0. The van der Waals surface area contributed by atoms with Crippen LogP contribution in [0.2, 0.25) is 0 Å². The zero-order valence-corrected chi connectivity index (χ0v) is 16.1. The maximum atomic E-state index is 12.0. The van der Waals surface area contributed by atoms with Crippen LogP contribution in [0.1, 0.15) is 46.6 Å². The van der Waals surface area contributed by atoms with Gasteiger partial charge < -0.3 is 24.8 Å². The van der Waals surface area contributed by atoms with E-state index in [0.29, 0.717) is 6.54 Å². The third-order valence-electron chi connectivity index (χ3n) is 3.90. The first kappa shape index (κ1) is 19.9. The van der Waals surface area contributed by atoms with Gasteiger partial charge in [0, 0.05) is 24.9 Å². The summed E-state index contributed by atoms with van der Waals surface area (Å²) in [6.45, 7) is 10.4. The van der Waals surface area contributed by atoms with Crippen molar-refractivity contribution in [1.82, 2.24) is 10.6 Å². The van der Waals surface area contributed by atoms with Crippen LogP contribution < -0.4 is 20.1 Å². The number of fused-ring (bicyclic) bond motifs is 1. The second-order valence-corrected chi connectivity index (χ2v) is 7.91. The van der Waals surface area contributed by atoms with Crippen LogP contribution in [-0.4, -0.2) is 37.5 Å². The van der Waals surface area contributed by atoms with E-state index in [1.807, 2.05) is 32.0 Å². The molecule has 2 amide bonds. The van der Waals surface area contributed by atoms with Gasteiger partial charge in [0.2, 0.25) is 12.7 Å². The molecule has 1 heterocycles. The lowest BCUT2D eigenvalue weighted by Crippen LogP contribution is -2.39. The number of carbonyl (C=O) groups excluding carboxylic acids is 2. The first-order valence-electron chi connectivity index (χ1n) is 8.70. The molecule has 1 aromatic carbocycles. The molecule has 7 heteroatoms. The number of amides is 2. The predicted molar refractivity (Wildman–Crippen MR) is 97.5 cm³/mol. The molecule has 0 bridgehead atoms. The van der Waals surface area contributed by atoms with Crippen molar-refractivity contribution < 1.29 is 23.8 Å². The molecule has 0 aromatic heterocycles. The summed E-state index contributed by atoms with van der Waals surface area (Å²) in [6, 6.07) is 5.80. The van der Waals surface area contributed by atoms with E-state index < -0.39 is 11.7 Å². The van der Waals surface area contributed by atoms with Crippen molar-refractivity contribution in [3.63, 3.8) is 0 Å². The van der Waals surface area contributed by atoms with Crippen molar-refractivity contribution in [2.24, 2.45) is 0 Å². The molecule has 26 heavy (non-hydrogen) atoms. The summed E-state index contributed by atoms with van der Waals surface area (Å²) in [5, 5.41) is 5.48. The van der Waals surface area contributed by atoms with Crippen molar-refractivity contribution in [3.05, 3.63) is 23.8 Å². The highest BCUT2D eigenvalue weighted by Crippen LogP contribution is 2.36. The molecule has 0 saturated heterocycles. The summed E-state index contributed by atoms with van der Waals surface area (Å²) in [5.41, 5.74) is 0.227. The van der Waals surface area contributed by atoms with E-state index in [4.69, 9.17) is 14.2 Å². The van der Waals surface area contributed by atoms with Gasteiger partial charge in [-0.15, -0.1) is 0 Å². The number of hydrogen-bond donors (Lipinski definition) is 2. The van der Waals surface area contributed by atoms with E-state index in [2.05, 4.69) is 10.6 Å². The lowest BCUT2D eigenvalue weighted by molar-refractivity contribution is -0.121. The monoisotopic (exact) mass is 364 g/mol. The van der Waals surface area contributed by atoms with Crippen molar-refractivity contribution in [1.29, 1.82) is 0 Å². The molecular formula is C19H28N2O5. The molecule has 0 fully saturated rings. The minimum absolute atomic E-state index is 0.130. The zero-order chi connectivity index (χ0) is 19.4.